The Morgan fingerprint density at radius 3 is 1.45 bits per heavy atom. The second-order valence-electron chi connectivity index (χ2n) is 9.48. The summed E-state index contributed by atoms with van der Waals surface area (Å²) in [6.07, 6.45) is 4.28. The Bertz CT molecular complexity index is 1470. The van der Waals surface area contributed by atoms with Crippen LogP contribution in [0.25, 0.3) is 0 Å². The summed E-state index contributed by atoms with van der Waals surface area (Å²) >= 11 is 3.46. The predicted octanol–water partition coefficient (Wildman–Crippen LogP) is 6.18. The average Bonchev–Trinajstić information content (AvgIpc) is 3.03. The number of Topliss-reactive ketones (excluding diaryl/α,β-unsaturated/α-hetero) is 1. The molecule has 0 amide bonds. The highest BCUT2D eigenvalue weighted by atomic mass is 32.1. The largest absolute Gasteiger partial charge is 0.481 e. The second kappa shape index (κ2) is 29.8. The molecule has 0 saturated heterocycles. The van der Waals surface area contributed by atoms with E-state index >= 15 is 0 Å². The Balaban J connectivity index is -0.000000530. The van der Waals surface area contributed by atoms with Crippen LogP contribution >= 0.6 is 12.6 Å². The Hall–Kier alpha value is -5.56. The van der Waals surface area contributed by atoms with Crippen molar-refractivity contribution >= 4 is 53.4 Å². The van der Waals surface area contributed by atoms with Crippen molar-refractivity contribution in [2.24, 2.45) is 0 Å². The zero-order valence-corrected chi connectivity index (χ0v) is 28.9. The molecule has 0 saturated carbocycles. The number of hydrogen-bond acceptors (Lipinski definition) is 7. The molecule has 0 unspecified atom stereocenters. The highest BCUT2D eigenvalue weighted by Crippen LogP contribution is 2.07. The number of rotatable bonds is 9. The number of carbonyl (C=O) groups excluding carboxylic acids is 2. The molecule has 0 spiro atoms. The summed E-state index contributed by atoms with van der Waals surface area (Å²) in [6, 6.07) is 23.4. The lowest BCUT2D eigenvalue weighted by atomic mass is 10.1. The van der Waals surface area contributed by atoms with Gasteiger partial charge in [-0.25, -0.2) is 14.4 Å². The van der Waals surface area contributed by atoms with Crippen LogP contribution < -0.4 is 0 Å². The van der Waals surface area contributed by atoms with Gasteiger partial charge in [-0.05, 0) is 49.1 Å². The van der Waals surface area contributed by atoms with Gasteiger partial charge in [0.1, 0.15) is 0 Å². The summed E-state index contributed by atoms with van der Waals surface area (Å²) in [6.45, 7) is 8.50. The van der Waals surface area contributed by atoms with E-state index in [0.717, 1.165) is 41.7 Å². The second-order valence-corrected chi connectivity index (χ2v) is 9.98. The van der Waals surface area contributed by atoms with Crippen LogP contribution in [0.4, 0.5) is 0 Å². The van der Waals surface area contributed by atoms with Crippen molar-refractivity contribution in [2.45, 2.75) is 60.3 Å². The third-order valence-electron chi connectivity index (χ3n) is 5.20. The van der Waals surface area contributed by atoms with Crippen molar-refractivity contribution in [1.29, 1.82) is 0 Å². The molecule has 0 fully saturated rings. The number of carbonyl (C=O) groups is 7. The summed E-state index contributed by atoms with van der Waals surface area (Å²) in [5, 5.41) is 40.9. The van der Waals surface area contributed by atoms with Crippen LogP contribution in [0.3, 0.4) is 0 Å². The number of carboxylic acids is 5. The quantitative estimate of drug-likeness (QED) is 0.0837. The van der Waals surface area contributed by atoms with E-state index in [4.69, 9.17) is 25.5 Å². The number of ketones is 1. The number of carboxylic acid groups (broad SMARTS) is 5. The Kier molecular flexibility index (Phi) is 29.1. The van der Waals surface area contributed by atoms with Crippen molar-refractivity contribution in [2.75, 3.05) is 0 Å². The molecule has 3 aromatic rings. The third-order valence-corrected chi connectivity index (χ3v) is 5.52. The number of aryl methyl sites for hydroxylation is 2. The Morgan fingerprint density at radius 1 is 0.673 bits per heavy atom. The van der Waals surface area contributed by atoms with Crippen molar-refractivity contribution in [1.82, 2.24) is 0 Å². The molecular weight excluding hydrogens is 656 g/mol. The van der Waals surface area contributed by atoms with Crippen LogP contribution in [0.1, 0.15) is 66.2 Å². The summed E-state index contributed by atoms with van der Waals surface area (Å²) in [7, 11) is 0. The maximum absolute atomic E-state index is 10.3. The first kappa shape index (κ1) is 47.8. The molecule has 0 bridgehead atoms. The van der Waals surface area contributed by atoms with E-state index in [1.54, 1.807) is 49.4 Å². The zero-order valence-electron chi connectivity index (χ0n) is 28.0. The summed E-state index contributed by atoms with van der Waals surface area (Å²) in [4.78, 5) is 69.0. The number of aromatic carboxylic acids is 1. The summed E-state index contributed by atoms with van der Waals surface area (Å²) in [5.74, 6) is -5.52. The molecule has 0 aromatic heterocycles. The Morgan fingerprint density at radius 2 is 1.12 bits per heavy atom. The number of aliphatic carboxylic acids is 4. The van der Waals surface area contributed by atoms with E-state index in [0.29, 0.717) is 12.0 Å². The van der Waals surface area contributed by atoms with Crippen LogP contribution in [0.2, 0.25) is 0 Å². The van der Waals surface area contributed by atoms with Crippen molar-refractivity contribution in [3.05, 3.63) is 119 Å². The van der Waals surface area contributed by atoms with Crippen molar-refractivity contribution in [3.8, 4) is 0 Å². The smallest absolute Gasteiger partial charge is 0.371 e. The highest BCUT2D eigenvalue weighted by Gasteiger charge is 2.02. The van der Waals surface area contributed by atoms with Gasteiger partial charge in [-0.15, -0.1) is 12.6 Å². The van der Waals surface area contributed by atoms with Gasteiger partial charge in [0.2, 0.25) is 5.78 Å². The van der Waals surface area contributed by atoms with Gasteiger partial charge in [-0.3, -0.25) is 19.2 Å². The van der Waals surface area contributed by atoms with Gasteiger partial charge in [0.05, 0.1) is 18.4 Å². The van der Waals surface area contributed by atoms with E-state index in [2.05, 4.69) is 12.6 Å². The SMILES string of the molecule is CC(=O)C(=O)O.CCC(=O)S.CCC=CC(=O)O.Cc1ccc(C(=O)O)cc1.Cc1ccccc1CC(=O)O.O=C(O)Cc1ccccc1. The first-order valence-electron chi connectivity index (χ1n) is 14.5. The van der Waals surface area contributed by atoms with Gasteiger partial charge in [0.25, 0.3) is 0 Å². The minimum atomic E-state index is -1.38. The number of thiol groups is 1. The minimum absolute atomic E-state index is 0.0509. The van der Waals surface area contributed by atoms with Gasteiger partial charge in [0, 0.05) is 19.4 Å². The molecular formula is C36H44O12S. The van der Waals surface area contributed by atoms with E-state index in [1.807, 2.05) is 63.2 Å². The molecule has 0 aliphatic rings. The lowest BCUT2D eigenvalue weighted by molar-refractivity contribution is -0.148. The molecule has 3 rings (SSSR count). The van der Waals surface area contributed by atoms with Gasteiger partial charge >= 0.3 is 29.8 Å². The molecule has 266 valence electrons. The van der Waals surface area contributed by atoms with E-state index in [9.17, 15) is 33.6 Å². The molecule has 0 atom stereocenters. The van der Waals surface area contributed by atoms with E-state index in [1.165, 1.54) is 0 Å². The summed E-state index contributed by atoms with van der Waals surface area (Å²) in [5.41, 5.74) is 4.18. The fourth-order valence-electron chi connectivity index (χ4n) is 2.66. The molecule has 13 heteroatoms. The predicted molar refractivity (Wildman–Crippen MR) is 188 cm³/mol. The highest BCUT2D eigenvalue weighted by molar-refractivity contribution is 7.96. The normalized spacial score (nSPS) is 9.02. The fraction of sp³-hybridized carbons (Fsp3) is 0.250. The van der Waals surface area contributed by atoms with Crippen LogP contribution in [-0.2, 0) is 41.6 Å². The molecule has 12 nitrogen and oxygen atoms in total. The van der Waals surface area contributed by atoms with Crippen molar-refractivity contribution in [3.63, 3.8) is 0 Å². The minimum Gasteiger partial charge on any atom is -0.481 e. The van der Waals surface area contributed by atoms with E-state index in [-0.39, 0.29) is 18.0 Å². The molecule has 49 heavy (non-hydrogen) atoms. The van der Waals surface area contributed by atoms with Crippen LogP contribution in [0.5, 0.6) is 0 Å². The topological polar surface area (TPSA) is 221 Å². The van der Waals surface area contributed by atoms with E-state index < -0.39 is 35.6 Å². The third kappa shape index (κ3) is 33.6. The number of allylic oxidation sites excluding steroid dienone is 1. The maximum Gasteiger partial charge on any atom is 0.371 e. The summed E-state index contributed by atoms with van der Waals surface area (Å²) < 4.78 is 0. The van der Waals surface area contributed by atoms with Crippen LogP contribution in [0, 0.1) is 13.8 Å². The average molecular weight is 701 g/mol. The van der Waals surface area contributed by atoms with Gasteiger partial charge < -0.3 is 25.5 Å². The zero-order chi connectivity index (χ0) is 38.4. The van der Waals surface area contributed by atoms with Crippen molar-refractivity contribution < 1.29 is 59.1 Å². The standard InChI is InChI=1S/C9H10O2.2C8H8O2.C5H8O2.C3H4O3.C3H6OS/c1-7-4-2-3-5-8(7)6-9(10)11;1-6-2-4-7(5-3-6)8(9)10;9-8(10)6-7-4-2-1-3-5-7;1-2-3-4-5(6)7;1-2(4)3(5)6;1-2-3(4)5/h2-5H,6H2,1H3,(H,10,11);2-5H,1H3,(H,9,10);1-5H,6H2,(H,9,10);3-4H,2H2,1H3,(H,6,7);1H3,(H,5,6);2H2,1H3,(H,4,5). The molecule has 0 radical (unpaired) electrons. The molecule has 0 aliphatic heterocycles. The monoisotopic (exact) mass is 700 g/mol. The van der Waals surface area contributed by atoms with Gasteiger partial charge in [-0.2, -0.15) is 0 Å². The molecule has 5 N–H and O–H groups in total. The Labute approximate surface area is 291 Å². The molecule has 0 aliphatic carbocycles. The molecule has 0 heterocycles. The van der Waals surface area contributed by atoms with Crippen LogP contribution in [-0.4, -0.2) is 66.3 Å². The van der Waals surface area contributed by atoms with Gasteiger partial charge in [-0.1, -0.05) is 92.2 Å². The molecule has 3 aromatic carbocycles. The lowest BCUT2D eigenvalue weighted by Gasteiger charge is -1.99. The number of hydrogen-bond donors (Lipinski definition) is 6. The van der Waals surface area contributed by atoms with Crippen LogP contribution in [0.15, 0.2) is 91.0 Å². The number of benzene rings is 3. The van der Waals surface area contributed by atoms with Gasteiger partial charge in [0.15, 0.2) is 5.12 Å². The lowest BCUT2D eigenvalue weighted by Crippen LogP contribution is -2.05. The fourth-order valence-corrected chi connectivity index (χ4v) is 2.66. The first-order valence-corrected chi connectivity index (χ1v) is 15.0. The maximum atomic E-state index is 10.3. The first-order chi connectivity index (χ1) is 22.9.